The zero-order valence-corrected chi connectivity index (χ0v) is 13.3. The monoisotopic (exact) mass is 309 g/mol. The first kappa shape index (κ1) is 16.6. The molecule has 1 fully saturated rings. The second-order valence-electron chi connectivity index (χ2n) is 5.29. The molecule has 2 rings (SSSR count). The van der Waals surface area contributed by atoms with Crippen molar-refractivity contribution in [3.63, 3.8) is 0 Å². The molecule has 1 aromatic rings. The first-order valence-electron chi connectivity index (χ1n) is 7.35. The maximum atomic E-state index is 12.2. The molecule has 1 aliphatic rings. The van der Waals surface area contributed by atoms with E-state index in [1.54, 1.807) is 32.4 Å². The lowest BCUT2D eigenvalue weighted by Gasteiger charge is -2.33. The minimum atomic E-state index is -0.613. The second-order valence-corrected chi connectivity index (χ2v) is 5.29. The van der Waals surface area contributed by atoms with E-state index in [1.807, 2.05) is 6.92 Å². The van der Waals surface area contributed by atoms with Crippen LogP contribution in [0.5, 0.6) is 11.5 Å². The quantitative estimate of drug-likeness (QED) is 0.870. The Kier molecular flexibility index (Phi) is 5.63. The lowest BCUT2D eigenvalue weighted by Crippen LogP contribution is -2.40. The number of rotatable bonds is 6. The van der Waals surface area contributed by atoms with Gasteiger partial charge in [0.15, 0.2) is 5.79 Å². The van der Waals surface area contributed by atoms with Gasteiger partial charge in [0, 0.05) is 24.6 Å². The van der Waals surface area contributed by atoms with Crippen molar-refractivity contribution in [2.24, 2.45) is 0 Å². The third-order valence-electron chi connectivity index (χ3n) is 3.58. The molecule has 0 atom stereocenters. The lowest BCUT2D eigenvalue weighted by atomic mass is 10.1. The van der Waals surface area contributed by atoms with E-state index in [0.29, 0.717) is 43.2 Å². The lowest BCUT2D eigenvalue weighted by molar-refractivity contribution is -0.257. The molecule has 122 valence electrons. The standard InChI is InChI=1S/C16H23NO5/c1-16(21-7-4-8-22-16)5-6-17-15(18)12-9-13(19-2)11-14(10-12)20-3/h9-11H,4-8H2,1-3H3,(H,17,18). The van der Waals surface area contributed by atoms with Crippen LogP contribution >= 0.6 is 0 Å². The predicted octanol–water partition coefficient (Wildman–Crippen LogP) is 1.98. The SMILES string of the molecule is COc1cc(OC)cc(C(=O)NCCC2(C)OCCCO2)c1. The molecule has 0 saturated carbocycles. The summed E-state index contributed by atoms with van der Waals surface area (Å²) in [5.74, 6) is 0.361. The van der Waals surface area contributed by atoms with Gasteiger partial charge in [-0.25, -0.2) is 0 Å². The van der Waals surface area contributed by atoms with Crippen molar-refractivity contribution < 1.29 is 23.7 Å². The Morgan fingerprint density at radius 2 is 1.77 bits per heavy atom. The summed E-state index contributed by atoms with van der Waals surface area (Å²) < 4.78 is 21.6. The van der Waals surface area contributed by atoms with Crippen LogP contribution in [-0.4, -0.2) is 45.7 Å². The fourth-order valence-electron chi connectivity index (χ4n) is 2.26. The van der Waals surface area contributed by atoms with Gasteiger partial charge in [0.2, 0.25) is 0 Å². The zero-order chi connectivity index (χ0) is 16.0. The smallest absolute Gasteiger partial charge is 0.251 e. The molecule has 0 radical (unpaired) electrons. The number of hydrogen-bond acceptors (Lipinski definition) is 5. The van der Waals surface area contributed by atoms with Crippen LogP contribution in [0.1, 0.15) is 30.1 Å². The average Bonchev–Trinajstić information content (AvgIpc) is 2.54. The predicted molar refractivity (Wildman–Crippen MR) is 81.4 cm³/mol. The summed E-state index contributed by atoms with van der Waals surface area (Å²) in [5, 5.41) is 2.86. The average molecular weight is 309 g/mol. The number of methoxy groups -OCH3 is 2. The minimum Gasteiger partial charge on any atom is -0.497 e. The van der Waals surface area contributed by atoms with Crippen molar-refractivity contribution >= 4 is 5.91 Å². The Hall–Kier alpha value is -1.79. The Bertz CT molecular complexity index is 489. The fourth-order valence-corrected chi connectivity index (χ4v) is 2.26. The molecule has 0 spiro atoms. The van der Waals surface area contributed by atoms with E-state index in [4.69, 9.17) is 18.9 Å². The van der Waals surface area contributed by atoms with Gasteiger partial charge in [-0.1, -0.05) is 0 Å². The Balaban J connectivity index is 1.91. The molecule has 6 nitrogen and oxygen atoms in total. The topological polar surface area (TPSA) is 66.0 Å². The van der Waals surface area contributed by atoms with Gasteiger partial charge in [-0.15, -0.1) is 0 Å². The Morgan fingerprint density at radius 3 is 2.32 bits per heavy atom. The highest BCUT2D eigenvalue weighted by molar-refractivity contribution is 5.95. The van der Waals surface area contributed by atoms with Crippen LogP contribution in [0.25, 0.3) is 0 Å². The van der Waals surface area contributed by atoms with E-state index in [2.05, 4.69) is 5.32 Å². The Morgan fingerprint density at radius 1 is 1.18 bits per heavy atom. The van der Waals surface area contributed by atoms with Gasteiger partial charge >= 0.3 is 0 Å². The van der Waals surface area contributed by atoms with Crippen LogP contribution < -0.4 is 14.8 Å². The zero-order valence-electron chi connectivity index (χ0n) is 13.3. The van der Waals surface area contributed by atoms with Crippen LogP contribution in [0.15, 0.2) is 18.2 Å². The summed E-state index contributed by atoms with van der Waals surface area (Å²) >= 11 is 0. The van der Waals surface area contributed by atoms with E-state index in [0.717, 1.165) is 6.42 Å². The van der Waals surface area contributed by atoms with Crippen molar-refractivity contribution in [3.8, 4) is 11.5 Å². The van der Waals surface area contributed by atoms with Crippen LogP contribution in [-0.2, 0) is 9.47 Å². The van der Waals surface area contributed by atoms with Crippen LogP contribution in [0.4, 0.5) is 0 Å². The summed E-state index contributed by atoms with van der Waals surface area (Å²) in [6, 6.07) is 5.07. The summed E-state index contributed by atoms with van der Waals surface area (Å²) in [7, 11) is 3.10. The van der Waals surface area contributed by atoms with Gasteiger partial charge in [-0.2, -0.15) is 0 Å². The highest BCUT2D eigenvalue weighted by Gasteiger charge is 2.28. The normalized spacial score (nSPS) is 16.9. The fraction of sp³-hybridized carbons (Fsp3) is 0.562. The number of ether oxygens (including phenoxy) is 4. The van der Waals surface area contributed by atoms with Gasteiger partial charge in [0.05, 0.1) is 27.4 Å². The molecular weight excluding hydrogens is 286 g/mol. The minimum absolute atomic E-state index is 0.184. The third-order valence-corrected chi connectivity index (χ3v) is 3.58. The summed E-state index contributed by atoms with van der Waals surface area (Å²) in [4.78, 5) is 12.2. The van der Waals surface area contributed by atoms with E-state index in [-0.39, 0.29) is 5.91 Å². The third kappa shape index (κ3) is 4.35. The largest absolute Gasteiger partial charge is 0.497 e. The van der Waals surface area contributed by atoms with Crippen molar-refractivity contribution in [3.05, 3.63) is 23.8 Å². The van der Waals surface area contributed by atoms with Crippen molar-refractivity contribution in [2.75, 3.05) is 34.0 Å². The molecule has 1 amide bonds. The van der Waals surface area contributed by atoms with Gasteiger partial charge < -0.3 is 24.3 Å². The molecule has 0 bridgehead atoms. The van der Waals surface area contributed by atoms with E-state index >= 15 is 0 Å². The molecule has 0 aliphatic carbocycles. The van der Waals surface area contributed by atoms with Crippen molar-refractivity contribution in [1.29, 1.82) is 0 Å². The molecule has 1 aromatic carbocycles. The molecule has 0 unspecified atom stereocenters. The molecule has 1 saturated heterocycles. The number of hydrogen-bond donors (Lipinski definition) is 1. The first-order chi connectivity index (χ1) is 10.6. The summed E-state index contributed by atoms with van der Waals surface area (Å²) in [6.07, 6.45) is 1.51. The molecule has 1 heterocycles. The van der Waals surface area contributed by atoms with Gasteiger partial charge in [0.1, 0.15) is 11.5 Å². The maximum Gasteiger partial charge on any atom is 0.251 e. The first-order valence-corrected chi connectivity index (χ1v) is 7.35. The van der Waals surface area contributed by atoms with Gasteiger partial charge in [-0.3, -0.25) is 4.79 Å². The summed E-state index contributed by atoms with van der Waals surface area (Å²) in [5.41, 5.74) is 0.492. The Labute approximate surface area is 130 Å². The van der Waals surface area contributed by atoms with Crippen LogP contribution in [0.3, 0.4) is 0 Å². The number of nitrogens with one attached hydrogen (secondary N) is 1. The van der Waals surface area contributed by atoms with Gasteiger partial charge in [0.25, 0.3) is 5.91 Å². The van der Waals surface area contributed by atoms with Crippen LogP contribution in [0, 0.1) is 0 Å². The molecule has 1 N–H and O–H groups in total. The molecule has 22 heavy (non-hydrogen) atoms. The number of carbonyl (C=O) groups excluding carboxylic acids is 1. The molecule has 6 heteroatoms. The summed E-state index contributed by atoms with van der Waals surface area (Å²) in [6.45, 7) is 3.75. The highest BCUT2D eigenvalue weighted by atomic mass is 16.7. The molecule has 1 aliphatic heterocycles. The van der Waals surface area contributed by atoms with Crippen molar-refractivity contribution in [2.45, 2.75) is 25.6 Å². The number of benzene rings is 1. The number of carbonyl (C=O) groups is 1. The molecular formula is C16H23NO5. The maximum absolute atomic E-state index is 12.2. The van der Waals surface area contributed by atoms with Gasteiger partial charge in [-0.05, 0) is 25.5 Å². The molecule has 0 aromatic heterocycles. The number of amides is 1. The van der Waals surface area contributed by atoms with E-state index in [1.165, 1.54) is 0 Å². The van der Waals surface area contributed by atoms with E-state index in [9.17, 15) is 4.79 Å². The highest BCUT2D eigenvalue weighted by Crippen LogP contribution is 2.23. The second kappa shape index (κ2) is 7.47. The van der Waals surface area contributed by atoms with E-state index < -0.39 is 5.79 Å². The van der Waals surface area contributed by atoms with Crippen molar-refractivity contribution in [1.82, 2.24) is 5.32 Å². The van der Waals surface area contributed by atoms with Crippen LogP contribution in [0.2, 0.25) is 0 Å².